The van der Waals surface area contributed by atoms with Gasteiger partial charge in [-0.05, 0) is 67.7 Å². The van der Waals surface area contributed by atoms with Crippen molar-refractivity contribution in [2.45, 2.75) is 11.8 Å². The predicted molar refractivity (Wildman–Crippen MR) is 186 cm³/mol. The van der Waals surface area contributed by atoms with E-state index in [0.717, 1.165) is 43.4 Å². The van der Waals surface area contributed by atoms with Gasteiger partial charge in [-0.3, -0.25) is 0 Å². The fraction of sp³-hybridized carbons (Fsp3) is 0.0476. The van der Waals surface area contributed by atoms with Crippen LogP contribution in [0.4, 0.5) is 0 Å². The fourth-order valence-electron chi connectivity index (χ4n) is 7.38. The zero-order chi connectivity index (χ0) is 31.4. The summed E-state index contributed by atoms with van der Waals surface area (Å²) >= 11 is 0. The average molecular weight is 599 g/mol. The molecule has 0 amide bonds. The van der Waals surface area contributed by atoms with E-state index in [-0.39, 0.29) is 23.0 Å². The summed E-state index contributed by atoms with van der Waals surface area (Å²) in [6, 6.07) is 46.1. The van der Waals surface area contributed by atoms with Gasteiger partial charge in [0.2, 0.25) is 0 Å². The maximum atomic E-state index is 11.9. The Morgan fingerprint density at radius 2 is 0.630 bits per heavy atom. The van der Waals surface area contributed by atoms with Crippen molar-refractivity contribution in [2.75, 3.05) is 0 Å². The number of phenols is 4. The molecule has 8 rings (SSSR count). The Morgan fingerprint density at radius 1 is 0.283 bits per heavy atom. The summed E-state index contributed by atoms with van der Waals surface area (Å²) in [5.74, 6) is -0.528. The van der Waals surface area contributed by atoms with Crippen LogP contribution in [0, 0.1) is 0 Å². The first kappa shape index (κ1) is 27.5. The Morgan fingerprint density at radius 3 is 1.07 bits per heavy atom. The van der Waals surface area contributed by atoms with Crippen LogP contribution in [0.5, 0.6) is 23.0 Å². The molecular formula is C42H30O4. The van der Waals surface area contributed by atoms with E-state index >= 15 is 0 Å². The van der Waals surface area contributed by atoms with Crippen molar-refractivity contribution in [2.24, 2.45) is 0 Å². The van der Waals surface area contributed by atoms with Crippen molar-refractivity contribution in [3.05, 3.63) is 168 Å². The second kappa shape index (κ2) is 10.9. The van der Waals surface area contributed by atoms with Crippen LogP contribution in [0.25, 0.3) is 43.1 Å². The molecule has 0 aliphatic heterocycles. The Balaban J connectivity index is 1.60. The van der Waals surface area contributed by atoms with Gasteiger partial charge in [0.25, 0.3) is 0 Å². The van der Waals surface area contributed by atoms with Crippen LogP contribution in [0.15, 0.2) is 146 Å². The number of benzene rings is 8. The molecule has 0 unspecified atom stereocenters. The Bertz CT molecular complexity index is 2270. The fourth-order valence-corrected chi connectivity index (χ4v) is 7.38. The van der Waals surface area contributed by atoms with Crippen molar-refractivity contribution < 1.29 is 20.4 Å². The van der Waals surface area contributed by atoms with Gasteiger partial charge in [-0.2, -0.15) is 0 Å². The van der Waals surface area contributed by atoms with E-state index in [1.807, 2.05) is 121 Å². The molecule has 0 saturated heterocycles. The molecule has 4 heteroatoms. The molecule has 8 aromatic rings. The van der Waals surface area contributed by atoms with Crippen LogP contribution >= 0.6 is 0 Å². The van der Waals surface area contributed by atoms with E-state index in [0.29, 0.717) is 21.9 Å². The summed E-state index contributed by atoms with van der Waals surface area (Å²) in [5.41, 5.74) is 3.19. The summed E-state index contributed by atoms with van der Waals surface area (Å²) in [7, 11) is 0. The third-order valence-electron chi connectivity index (χ3n) is 9.39. The second-order valence-corrected chi connectivity index (χ2v) is 11.8. The molecule has 8 aromatic carbocycles. The zero-order valence-electron chi connectivity index (χ0n) is 24.8. The Labute approximate surface area is 265 Å². The number of phenolic OH excluding ortho intramolecular Hbond substituents is 4. The van der Waals surface area contributed by atoms with Crippen LogP contribution < -0.4 is 0 Å². The number of fused-ring (bicyclic) bond motifs is 4. The maximum Gasteiger partial charge on any atom is 0.123 e. The Kier molecular flexibility index (Phi) is 6.50. The minimum absolute atomic E-state index is 0.118. The molecule has 0 bridgehead atoms. The average Bonchev–Trinajstić information content (AvgIpc) is 3.09. The van der Waals surface area contributed by atoms with Crippen molar-refractivity contribution in [1.82, 2.24) is 0 Å². The first-order valence-electron chi connectivity index (χ1n) is 15.3. The number of aromatic hydroxyl groups is 4. The van der Waals surface area contributed by atoms with Gasteiger partial charge < -0.3 is 20.4 Å². The SMILES string of the molecule is Oc1ccc2ccccc2c1C(c1c(O)ccc2ccccc12)C(c1ccc(O)c2ccccc12)c1ccc(O)c2ccccc12. The molecule has 0 heterocycles. The van der Waals surface area contributed by atoms with Gasteiger partial charge in [0.1, 0.15) is 23.0 Å². The molecule has 0 aromatic heterocycles. The summed E-state index contributed by atoms with van der Waals surface area (Å²) in [4.78, 5) is 0. The van der Waals surface area contributed by atoms with Crippen LogP contribution in [-0.4, -0.2) is 20.4 Å². The van der Waals surface area contributed by atoms with Crippen molar-refractivity contribution >= 4 is 43.1 Å². The molecule has 4 N–H and O–H groups in total. The molecule has 0 aliphatic carbocycles. The maximum absolute atomic E-state index is 11.9. The molecule has 0 aliphatic rings. The van der Waals surface area contributed by atoms with E-state index in [2.05, 4.69) is 0 Å². The summed E-state index contributed by atoms with van der Waals surface area (Å²) in [6.07, 6.45) is 0. The van der Waals surface area contributed by atoms with Gasteiger partial charge in [0, 0.05) is 33.7 Å². The summed E-state index contributed by atoms with van der Waals surface area (Å²) in [6.45, 7) is 0. The second-order valence-electron chi connectivity index (χ2n) is 11.8. The molecule has 0 spiro atoms. The van der Waals surface area contributed by atoms with Crippen LogP contribution in [0.2, 0.25) is 0 Å². The lowest BCUT2D eigenvalue weighted by Gasteiger charge is -2.33. The number of hydrogen-bond acceptors (Lipinski definition) is 4. The van der Waals surface area contributed by atoms with Gasteiger partial charge in [-0.1, -0.05) is 121 Å². The van der Waals surface area contributed by atoms with E-state index in [9.17, 15) is 20.4 Å². The standard InChI is InChI=1S/C42H30O4/c43-35-23-19-33(29-13-5-7-15-31(29)35)39(34-20-24-36(44)32-16-8-6-14-30(32)34)42(40-27-11-3-1-9-25(27)17-21-37(40)45)41-28-12-4-2-10-26(28)18-22-38(41)46/h1-24,39,42-46H. The lowest BCUT2D eigenvalue weighted by atomic mass is 9.69. The largest absolute Gasteiger partial charge is 0.508 e. The molecule has 4 nitrogen and oxygen atoms in total. The number of hydrogen-bond donors (Lipinski definition) is 4. The molecular weight excluding hydrogens is 568 g/mol. The van der Waals surface area contributed by atoms with Gasteiger partial charge in [0.05, 0.1) is 0 Å². The molecule has 46 heavy (non-hydrogen) atoms. The number of rotatable bonds is 5. The van der Waals surface area contributed by atoms with Gasteiger partial charge in [0.15, 0.2) is 0 Å². The first-order chi connectivity index (χ1) is 22.5. The van der Waals surface area contributed by atoms with Crippen molar-refractivity contribution in [3.63, 3.8) is 0 Å². The smallest absolute Gasteiger partial charge is 0.123 e. The van der Waals surface area contributed by atoms with Crippen molar-refractivity contribution in [3.8, 4) is 23.0 Å². The highest BCUT2D eigenvalue weighted by Gasteiger charge is 2.36. The molecule has 0 radical (unpaired) electrons. The highest BCUT2D eigenvalue weighted by Crippen LogP contribution is 2.54. The predicted octanol–water partition coefficient (Wildman–Crippen LogP) is 10.1. The zero-order valence-corrected chi connectivity index (χ0v) is 24.8. The quantitative estimate of drug-likeness (QED) is 0.159. The molecule has 222 valence electrons. The highest BCUT2D eigenvalue weighted by molar-refractivity contribution is 5.98. The van der Waals surface area contributed by atoms with E-state index in [4.69, 9.17) is 0 Å². The van der Waals surface area contributed by atoms with Gasteiger partial charge >= 0.3 is 0 Å². The lowest BCUT2D eigenvalue weighted by Crippen LogP contribution is -2.17. The highest BCUT2D eigenvalue weighted by atomic mass is 16.3. The molecule has 0 fully saturated rings. The lowest BCUT2D eigenvalue weighted by molar-refractivity contribution is 0.451. The molecule has 0 saturated carbocycles. The third kappa shape index (κ3) is 4.30. The van der Waals surface area contributed by atoms with E-state index < -0.39 is 11.8 Å². The van der Waals surface area contributed by atoms with E-state index in [1.165, 1.54) is 0 Å². The normalized spacial score (nSPS) is 11.8. The van der Waals surface area contributed by atoms with E-state index in [1.54, 1.807) is 24.3 Å². The Hall–Kier alpha value is -6.00. The topological polar surface area (TPSA) is 80.9 Å². The minimum Gasteiger partial charge on any atom is -0.508 e. The monoisotopic (exact) mass is 598 g/mol. The van der Waals surface area contributed by atoms with Crippen LogP contribution in [-0.2, 0) is 0 Å². The van der Waals surface area contributed by atoms with Gasteiger partial charge in [-0.15, -0.1) is 0 Å². The molecule has 0 atom stereocenters. The van der Waals surface area contributed by atoms with Crippen molar-refractivity contribution in [1.29, 1.82) is 0 Å². The summed E-state index contributed by atoms with van der Waals surface area (Å²) < 4.78 is 0. The summed E-state index contributed by atoms with van der Waals surface area (Å²) in [5, 5.41) is 52.6. The van der Waals surface area contributed by atoms with Crippen LogP contribution in [0.1, 0.15) is 34.1 Å². The third-order valence-corrected chi connectivity index (χ3v) is 9.39. The first-order valence-corrected chi connectivity index (χ1v) is 15.3. The minimum atomic E-state index is -0.613. The van der Waals surface area contributed by atoms with Crippen LogP contribution in [0.3, 0.4) is 0 Å². The van der Waals surface area contributed by atoms with Gasteiger partial charge in [-0.25, -0.2) is 0 Å².